The van der Waals surface area contributed by atoms with E-state index in [-0.39, 0.29) is 5.54 Å². The summed E-state index contributed by atoms with van der Waals surface area (Å²) in [6, 6.07) is 6.31. The summed E-state index contributed by atoms with van der Waals surface area (Å²) in [6.45, 7) is 9.93. The summed E-state index contributed by atoms with van der Waals surface area (Å²) in [6.07, 6.45) is 3.62. The summed E-state index contributed by atoms with van der Waals surface area (Å²) in [5, 5.41) is 3.51. The first-order chi connectivity index (χ1) is 9.85. The highest BCUT2D eigenvalue weighted by atomic mass is 16.5. The molecule has 0 radical (unpaired) electrons. The fourth-order valence-corrected chi connectivity index (χ4v) is 2.02. The first-order valence-corrected chi connectivity index (χ1v) is 7.28. The van der Waals surface area contributed by atoms with Crippen LogP contribution in [0.25, 0.3) is 0 Å². The van der Waals surface area contributed by atoms with Crippen molar-refractivity contribution < 1.29 is 4.74 Å². The zero-order valence-corrected chi connectivity index (χ0v) is 13.6. The molecule has 4 heteroatoms. The number of imidazole rings is 1. The van der Waals surface area contributed by atoms with Crippen molar-refractivity contribution in [1.82, 2.24) is 14.9 Å². The molecule has 0 aliphatic rings. The Balaban J connectivity index is 2.09. The Hall–Kier alpha value is -1.81. The molecule has 0 bridgehead atoms. The Kier molecular flexibility index (Phi) is 4.68. The summed E-state index contributed by atoms with van der Waals surface area (Å²) < 4.78 is 7.96. The molecule has 1 aromatic carbocycles. The molecule has 0 saturated heterocycles. The lowest BCUT2D eigenvalue weighted by molar-refractivity contribution is 0.291. The Morgan fingerprint density at radius 2 is 2.05 bits per heavy atom. The number of aryl methyl sites for hydroxylation is 2. The number of aromatic nitrogens is 2. The van der Waals surface area contributed by atoms with Crippen LogP contribution in [0.4, 0.5) is 0 Å². The van der Waals surface area contributed by atoms with Gasteiger partial charge in [-0.15, -0.1) is 0 Å². The highest BCUT2D eigenvalue weighted by molar-refractivity contribution is 5.37. The standard InChI is InChI=1S/C17H25N3O/c1-13-6-7-16(14(8-13)9-19-17(2,3)4)21-11-15-10-18-12-20(15)5/h6-8,10,12,19H,9,11H2,1-5H3. The molecule has 1 aromatic heterocycles. The van der Waals surface area contributed by atoms with Crippen LogP contribution in [-0.4, -0.2) is 15.1 Å². The second-order valence-electron chi connectivity index (χ2n) is 6.50. The van der Waals surface area contributed by atoms with Crippen LogP contribution >= 0.6 is 0 Å². The van der Waals surface area contributed by atoms with Gasteiger partial charge in [-0.3, -0.25) is 0 Å². The highest BCUT2D eigenvalue weighted by Gasteiger charge is 2.11. The van der Waals surface area contributed by atoms with E-state index < -0.39 is 0 Å². The topological polar surface area (TPSA) is 39.1 Å². The van der Waals surface area contributed by atoms with Crippen LogP contribution < -0.4 is 10.1 Å². The van der Waals surface area contributed by atoms with E-state index in [1.807, 2.05) is 23.9 Å². The van der Waals surface area contributed by atoms with Crippen LogP contribution in [0.15, 0.2) is 30.7 Å². The van der Waals surface area contributed by atoms with Gasteiger partial charge in [0, 0.05) is 24.7 Å². The maximum absolute atomic E-state index is 5.98. The molecule has 0 aliphatic heterocycles. The van der Waals surface area contributed by atoms with Crippen LogP contribution in [0, 0.1) is 6.92 Å². The van der Waals surface area contributed by atoms with Crippen molar-refractivity contribution >= 4 is 0 Å². The van der Waals surface area contributed by atoms with E-state index in [9.17, 15) is 0 Å². The lowest BCUT2D eigenvalue weighted by atomic mass is 10.1. The van der Waals surface area contributed by atoms with E-state index in [0.717, 1.165) is 18.0 Å². The predicted molar refractivity (Wildman–Crippen MR) is 85.3 cm³/mol. The Morgan fingerprint density at radius 3 is 2.67 bits per heavy atom. The number of nitrogens with one attached hydrogen (secondary N) is 1. The zero-order valence-electron chi connectivity index (χ0n) is 13.6. The van der Waals surface area contributed by atoms with E-state index in [1.54, 1.807) is 6.33 Å². The Bertz CT molecular complexity index is 596. The fourth-order valence-electron chi connectivity index (χ4n) is 2.02. The molecule has 114 valence electrons. The predicted octanol–water partition coefficient (Wildman–Crippen LogP) is 3.20. The monoisotopic (exact) mass is 287 g/mol. The van der Waals surface area contributed by atoms with Crippen LogP contribution in [0.3, 0.4) is 0 Å². The second-order valence-corrected chi connectivity index (χ2v) is 6.50. The molecule has 0 fully saturated rings. The molecule has 2 aromatic rings. The molecule has 0 atom stereocenters. The summed E-state index contributed by atoms with van der Waals surface area (Å²) in [4.78, 5) is 4.11. The van der Waals surface area contributed by atoms with Gasteiger partial charge in [0.2, 0.25) is 0 Å². The van der Waals surface area contributed by atoms with Gasteiger partial charge in [-0.2, -0.15) is 0 Å². The quantitative estimate of drug-likeness (QED) is 0.918. The van der Waals surface area contributed by atoms with Gasteiger partial charge in [-0.1, -0.05) is 17.7 Å². The van der Waals surface area contributed by atoms with Crippen molar-refractivity contribution in [3.05, 3.63) is 47.5 Å². The van der Waals surface area contributed by atoms with Crippen LogP contribution in [-0.2, 0) is 20.2 Å². The fraction of sp³-hybridized carbons (Fsp3) is 0.471. The average molecular weight is 287 g/mol. The molecule has 4 nitrogen and oxygen atoms in total. The molecule has 1 heterocycles. The van der Waals surface area contributed by atoms with E-state index >= 15 is 0 Å². The van der Waals surface area contributed by atoms with Crippen molar-refractivity contribution in [3.63, 3.8) is 0 Å². The number of nitrogens with zero attached hydrogens (tertiary/aromatic N) is 2. The number of ether oxygens (including phenoxy) is 1. The van der Waals surface area contributed by atoms with Gasteiger partial charge in [-0.05, 0) is 33.8 Å². The minimum Gasteiger partial charge on any atom is -0.487 e. The molecular formula is C17H25N3O. The van der Waals surface area contributed by atoms with Crippen molar-refractivity contribution in [2.75, 3.05) is 0 Å². The molecule has 0 saturated carbocycles. The zero-order chi connectivity index (χ0) is 15.5. The van der Waals surface area contributed by atoms with Crippen molar-refractivity contribution in [2.24, 2.45) is 7.05 Å². The summed E-state index contributed by atoms with van der Waals surface area (Å²) in [7, 11) is 1.98. The Morgan fingerprint density at radius 1 is 1.29 bits per heavy atom. The molecule has 0 unspecified atom stereocenters. The third-order valence-electron chi connectivity index (χ3n) is 3.32. The molecular weight excluding hydrogens is 262 g/mol. The van der Waals surface area contributed by atoms with E-state index in [0.29, 0.717) is 6.61 Å². The van der Waals surface area contributed by atoms with Crippen LogP contribution in [0.5, 0.6) is 5.75 Å². The molecule has 0 spiro atoms. The molecule has 0 aliphatic carbocycles. The van der Waals surface area contributed by atoms with E-state index in [1.165, 1.54) is 11.1 Å². The van der Waals surface area contributed by atoms with Crippen molar-refractivity contribution in [3.8, 4) is 5.75 Å². The van der Waals surface area contributed by atoms with E-state index in [4.69, 9.17) is 4.74 Å². The number of hydrogen-bond donors (Lipinski definition) is 1. The van der Waals surface area contributed by atoms with E-state index in [2.05, 4.69) is 50.1 Å². The maximum atomic E-state index is 5.98. The lowest BCUT2D eigenvalue weighted by Crippen LogP contribution is -2.35. The molecule has 0 amide bonds. The summed E-state index contributed by atoms with van der Waals surface area (Å²) >= 11 is 0. The summed E-state index contributed by atoms with van der Waals surface area (Å²) in [5.74, 6) is 0.929. The largest absolute Gasteiger partial charge is 0.487 e. The number of benzene rings is 1. The molecule has 21 heavy (non-hydrogen) atoms. The first-order valence-electron chi connectivity index (χ1n) is 7.28. The molecule has 1 N–H and O–H groups in total. The summed E-state index contributed by atoms with van der Waals surface area (Å²) in [5.41, 5.74) is 3.58. The first kappa shape index (κ1) is 15.6. The third kappa shape index (κ3) is 4.60. The van der Waals surface area contributed by atoms with Gasteiger partial charge >= 0.3 is 0 Å². The van der Waals surface area contributed by atoms with Gasteiger partial charge < -0.3 is 14.6 Å². The smallest absolute Gasteiger partial charge is 0.130 e. The van der Waals surface area contributed by atoms with Gasteiger partial charge in [0.1, 0.15) is 12.4 Å². The van der Waals surface area contributed by atoms with Crippen LogP contribution in [0.2, 0.25) is 0 Å². The van der Waals surface area contributed by atoms with Gasteiger partial charge in [0.25, 0.3) is 0 Å². The average Bonchev–Trinajstić information content (AvgIpc) is 2.80. The minimum absolute atomic E-state index is 0.0864. The minimum atomic E-state index is 0.0864. The second kappa shape index (κ2) is 6.31. The van der Waals surface area contributed by atoms with Gasteiger partial charge in [0.15, 0.2) is 0 Å². The van der Waals surface area contributed by atoms with Crippen LogP contribution in [0.1, 0.15) is 37.6 Å². The van der Waals surface area contributed by atoms with Gasteiger partial charge in [0.05, 0.1) is 18.2 Å². The normalized spacial score (nSPS) is 11.7. The van der Waals surface area contributed by atoms with Crippen molar-refractivity contribution in [1.29, 1.82) is 0 Å². The SMILES string of the molecule is Cc1ccc(OCc2cncn2C)c(CNC(C)(C)C)c1. The van der Waals surface area contributed by atoms with Gasteiger partial charge in [-0.25, -0.2) is 4.98 Å². The Labute approximate surface area is 127 Å². The maximum Gasteiger partial charge on any atom is 0.130 e. The highest BCUT2D eigenvalue weighted by Crippen LogP contribution is 2.22. The third-order valence-corrected chi connectivity index (χ3v) is 3.32. The number of rotatable bonds is 5. The van der Waals surface area contributed by atoms with Crippen molar-refractivity contribution in [2.45, 2.75) is 46.4 Å². The molecule has 2 rings (SSSR count). The lowest BCUT2D eigenvalue weighted by Gasteiger charge is -2.22. The number of hydrogen-bond acceptors (Lipinski definition) is 3.